The molecule has 0 aromatic rings. The van der Waals surface area contributed by atoms with Gasteiger partial charge in [-0.05, 0) is 25.2 Å². The number of likely N-dealkylation sites (tertiary alicyclic amines) is 1. The summed E-state index contributed by atoms with van der Waals surface area (Å²) in [5.74, 6) is -4.09. The van der Waals surface area contributed by atoms with Gasteiger partial charge in [-0.3, -0.25) is 19.2 Å². The standard InChI is InChI=1S/C19H33N5O7/c1-3-10(2)15(21)17(28)23-12(9-25)18(29)24-8-4-5-13(24)16(27)22-11(19(30)31)6-7-14(20)26/h10-13,15,25H,3-9,21H2,1-2H3,(H2,20,26)(H,22,27)(H,23,28)(H,30,31). The average molecular weight is 444 g/mol. The third-order valence-corrected chi connectivity index (χ3v) is 5.49. The van der Waals surface area contributed by atoms with E-state index in [9.17, 15) is 34.2 Å². The number of aliphatic hydroxyl groups excluding tert-OH is 1. The Morgan fingerprint density at radius 3 is 2.32 bits per heavy atom. The molecule has 1 aliphatic heterocycles. The van der Waals surface area contributed by atoms with Crippen molar-refractivity contribution in [1.29, 1.82) is 0 Å². The second kappa shape index (κ2) is 12.2. The maximum absolute atomic E-state index is 12.9. The lowest BCUT2D eigenvalue weighted by molar-refractivity contribution is -0.145. The van der Waals surface area contributed by atoms with Crippen LogP contribution in [0.1, 0.15) is 46.0 Å². The molecule has 1 saturated heterocycles. The van der Waals surface area contributed by atoms with Crippen LogP contribution in [0.3, 0.4) is 0 Å². The molecule has 0 aromatic heterocycles. The Morgan fingerprint density at radius 1 is 1.16 bits per heavy atom. The number of rotatable bonds is 12. The van der Waals surface area contributed by atoms with Crippen molar-refractivity contribution in [2.45, 2.75) is 70.1 Å². The molecule has 0 saturated carbocycles. The van der Waals surface area contributed by atoms with E-state index in [2.05, 4.69) is 10.6 Å². The molecule has 1 fully saturated rings. The molecule has 1 heterocycles. The van der Waals surface area contributed by atoms with E-state index in [1.165, 1.54) is 4.90 Å². The van der Waals surface area contributed by atoms with E-state index in [1.54, 1.807) is 6.92 Å². The summed E-state index contributed by atoms with van der Waals surface area (Å²) in [4.78, 5) is 61.3. The largest absolute Gasteiger partial charge is 0.480 e. The van der Waals surface area contributed by atoms with Gasteiger partial charge in [0.15, 0.2) is 0 Å². The van der Waals surface area contributed by atoms with Crippen LogP contribution < -0.4 is 22.1 Å². The summed E-state index contributed by atoms with van der Waals surface area (Å²) in [7, 11) is 0. The number of hydrogen-bond acceptors (Lipinski definition) is 7. The van der Waals surface area contributed by atoms with Crippen LogP contribution in [0, 0.1) is 5.92 Å². The smallest absolute Gasteiger partial charge is 0.326 e. The molecule has 0 spiro atoms. The van der Waals surface area contributed by atoms with Crippen molar-refractivity contribution in [3.8, 4) is 0 Å². The minimum absolute atomic E-state index is 0.131. The summed E-state index contributed by atoms with van der Waals surface area (Å²) in [5.41, 5.74) is 10.9. The molecule has 12 heteroatoms. The van der Waals surface area contributed by atoms with Crippen LogP contribution in [-0.4, -0.2) is 82.0 Å². The van der Waals surface area contributed by atoms with Gasteiger partial charge >= 0.3 is 5.97 Å². The fourth-order valence-corrected chi connectivity index (χ4v) is 3.28. The molecule has 31 heavy (non-hydrogen) atoms. The molecular formula is C19H33N5O7. The van der Waals surface area contributed by atoms with Gasteiger partial charge in [0.1, 0.15) is 18.1 Å². The summed E-state index contributed by atoms with van der Waals surface area (Å²) < 4.78 is 0. The third-order valence-electron chi connectivity index (χ3n) is 5.49. The first-order chi connectivity index (χ1) is 14.5. The van der Waals surface area contributed by atoms with Crippen LogP contribution in [0.2, 0.25) is 0 Å². The van der Waals surface area contributed by atoms with Gasteiger partial charge in [-0.15, -0.1) is 0 Å². The number of primary amides is 1. The number of amides is 4. The first kappa shape index (κ1) is 26.3. The van der Waals surface area contributed by atoms with Gasteiger partial charge in [0.05, 0.1) is 12.6 Å². The molecule has 8 N–H and O–H groups in total. The molecule has 12 nitrogen and oxygen atoms in total. The van der Waals surface area contributed by atoms with Crippen molar-refractivity contribution in [2.24, 2.45) is 17.4 Å². The lowest BCUT2D eigenvalue weighted by Crippen LogP contribution is -2.58. The summed E-state index contributed by atoms with van der Waals surface area (Å²) >= 11 is 0. The second-order valence-electron chi connectivity index (χ2n) is 7.75. The average Bonchev–Trinajstić information content (AvgIpc) is 3.22. The Bertz CT molecular complexity index is 687. The number of nitrogens with one attached hydrogen (secondary N) is 2. The molecule has 1 aliphatic rings. The van der Waals surface area contributed by atoms with Gasteiger partial charge in [-0.1, -0.05) is 20.3 Å². The van der Waals surface area contributed by atoms with E-state index in [0.717, 1.165) is 0 Å². The van der Waals surface area contributed by atoms with Crippen molar-refractivity contribution in [1.82, 2.24) is 15.5 Å². The molecule has 0 radical (unpaired) electrons. The molecule has 5 atom stereocenters. The van der Waals surface area contributed by atoms with Gasteiger partial charge in [-0.25, -0.2) is 4.79 Å². The van der Waals surface area contributed by atoms with E-state index >= 15 is 0 Å². The summed E-state index contributed by atoms with van der Waals surface area (Å²) in [5, 5.41) is 23.6. The Labute approximate surface area is 180 Å². The zero-order valence-corrected chi connectivity index (χ0v) is 17.9. The van der Waals surface area contributed by atoms with Crippen LogP contribution in [0.25, 0.3) is 0 Å². The number of nitrogens with zero attached hydrogens (tertiary/aromatic N) is 1. The van der Waals surface area contributed by atoms with E-state index in [0.29, 0.717) is 12.8 Å². The van der Waals surface area contributed by atoms with Gasteiger partial charge in [0.25, 0.3) is 0 Å². The van der Waals surface area contributed by atoms with Crippen molar-refractivity contribution in [3.05, 3.63) is 0 Å². The van der Waals surface area contributed by atoms with Gasteiger partial charge in [0, 0.05) is 13.0 Å². The highest BCUT2D eigenvalue weighted by molar-refractivity contribution is 5.94. The molecule has 4 amide bonds. The molecule has 0 aromatic carbocycles. The number of hydrogen-bond donors (Lipinski definition) is 6. The Balaban J connectivity index is 2.84. The highest BCUT2D eigenvalue weighted by Crippen LogP contribution is 2.19. The molecule has 0 aliphatic carbocycles. The highest BCUT2D eigenvalue weighted by atomic mass is 16.4. The number of aliphatic hydroxyl groups is 1. The van der Waals surface area contributed by atoms with Crippen LogP contribution in [0.15, 0.2) is 0 Å². The van der Waals surface area contributed by atoms with E-state index in [1.807, 2.05) is 6.92 Å². The maximum Gasteiger partial charge on any atom is 0.326 e. The molecule has 1 rings (SSSR count). The summed E-state index contributed by atoms with van der Waals surface area (Å²) in [6.45, 7) is 3.18. The number of nitrogens with two attached hydrogens (primary N) is 2. The second-order valence-corrected chi connectivity index (χ2v) is 7.75. The lowest BCUT2D eigenvalue weighted by Gasteiger charge is -2.29. The fourth-order valence-electron chi connectivity index (χ4n) is 3.28. The predicted molar refractivity (Wildman–Crippen MR) is 109 cm³/mol. The summed E-state index contributed by atoms with van der Waals surface area (Å²) in [6, 6.07) is -4.43. The Hall–Kier alpha value is -2.73. The molecule has 5 unspecified atom stereocenters. The Morgan fingerprint density at radius 2 is 1.81 bits per heavy atom. The topological polar surface area (TPSA) is 205 Å². The first-order valence-electron chi connectivity index (χ1n) is 10.3. The fraction of sp³-hybridized carbons (Fsp3) is 0.737. The maximum atomic E-state index is 12.9. The predicted octanol–water partition coefficient (Wildman–Crippen LogP) is -2.34. The number of carbonyl (C=O) groups is 5. The lowest BCUT2D eigenvalue weighted by atomic mass is 9.99. The van der Waals surface area contributed by atoms with Gasteiger partial charge in [-0.2, -0.15) is 0 Å². The quantitative estimate of drug-likeness (QED) is 0.192. The van der Waals surface area contributed by atoms with Crippen LogP contribution in [0.5, 0.6) is 0 Å². The van der Waals surface area contributed by atoms with Gasteiger partial charge < -0.3 is 37.2 Å². The molecule has 0 bridgehead atoms. The monoisotopic (exact) mass is 443 g/mol. The molecule has 176 valence electrons. The first-order valence-corrected chi connectivity index (χ1v) is 10.3. The summed E-state index contributed by atoms with van der Waals surface area (Å²) in [6.07, 6.45) is 1.03. The van der Waals surface area contributed by atoms with Crippen molar-refractivity contribution in [2.75, 3.05) is 13.2 Å². The van der Waals surface area contributed by atoms with E-state index in [-0.39, 0.29) is 31.7 Å². The number of aliphatic carboxylic acids is 1. The van der Waals surface area contributed by atoms with Gasteiger partial charge in [0.2, 0.25) is 23.6 Å². The highest BCUT2D eigenvalue weighted by Gasteiger charge is 2.39. The number of carbonyl (C=O) groups excluding carboxylic acids is 4. The minimum atomic E-state index is -1.33. The SMILES string of the molecule is CCC(C)C(N)C(=O)NC(CO)C(=O)N1CCCC1C(=O)NC(CCC(N)=O)C(=O)O. The zero-order chi connectivity index (χ0) is 23.7. The van der Waals surface area contributed by atoms with E-state index in [4.69, 9.17) is 11.5 Å². The third kappa shape index (κ3) is 7.47. The van der Waals surface area contributed by atoms with Crippen LogP contribution in [-0.2, 0) is 24.0 Å². The van der Waals surface area contributed by atoms with Crippen LogP contribution in [0.4, 0.5) is 0 Å². The minimum Gasteiger partial charge on any atom is -0.480 e. The van der Waals surface area contributed by atoms with Crippen molar-refractivity contribution >= 4 is 29.6 Å². The van der Waals surface area contributed by atoms with Crippen LogP contribution >= 0.6 is 0 Å². The Kier molecular flexibility index (Phi) is 10.4. The number of carboxylic acids is 1. The molecular weight excluding hydrogens is 410 g/mol. The van der Waals surface area contributed by atoms with Crippen molar-refractivity contribution in [3.63, 3.8) is 0 Å². The van der Waals surface area contributed by atoms with E-state index < -0.39 is 60.4 Å². The normalized spacial score (nSPS) is 19.7. The van der Waals surface area contributed by atoms with Crippen molar-refractivity contribution < 1.29 is 34.2 Å². The zero-order valence-electron chi connectivity index (χ0n) is 17.9. The number of carboxylic acid groups (broad SMARTS) is 1.